The molecular formula is C21H22N2O3. The summed E-state index contributed by atoms with van der Waals surface area (Å²) in [5, 5.41) is 10.8. The first kappa shape index (κ1) is 16.8. The Morgan fingerprint density at radius 1 is 1.12 bits per heavy atom. The van der Waals surface area contributed by atoms with Crippen molar-refractivity contribution in [3.63, 3.8) is 0 Å². The van der Waals surface area contributed by atoms with Crippen LogP contribution in [0.15, 0.2) is 42.5 Å². The molecular weight excluding hydrogens is 328 g/mol. The molecule has 0 unspecified atom stereocenters. The smallest absolute Gasteiger partial charge is 0.269 e. The van der Waals surface area contributed by atoms with Crippen LogP contribution in [0.3, 0.4) is 0 Å². The molecule has 0 saturated carbocycles. The Morgan fingerprint density at radius 3 is 2.50 bits per heavy atom. The third kappa shape index (κ3) is 2.50. The van der Waals surface area contributed by atoms with Gasteiger partial charge >= 0.3 is 0 Å². The van der Waals surface area contributed by atoms with Gasteiger partial charge in [0.05, 0.1) is 4.92 Å². The van der Waals surface area contributed by atoms with Crippen LogP contribution in [0.25, 0.3) is 11.1 Å². The van der Waals surface area contributed by atoms with Gasteiger partial charge in [0.15, 0.2) is 0 Å². The van der Waals surface area contributed by atoms with E-state index in [9.17, 15) is 14.9 Å². The summed E-state index contributed by atoms with van der Waals surface area (Å²) in [5.41, 5.74) is 4.87. The Bertz CT molecular complexity index is 891. The zero-order valence-electron chi connectivity index (χ0n) is 15.1. The van der Waals surface area contributed by atoms with Crippen LogP contribution in [-0.4, -0.2) is 28.8 Å². The molecule has 1 heterocycles. The van der Waals surface area contributed by atoms with E-state index in [0.29, 0.717) is 6.42 Å². The van der Waals surface area contributed by atoms with Crippen molar-refractivity contribution in [2.24, 2.45) is 0 Å². The van der Waals surface area contributed by atoms with Gasteiger partial charge in [-0.15, -0.1) is 0 Å². The summed E-state index contributed by atoms with van der Waals surface area (Å²) in [5.74, 6) is 0.249. The third-order valence-corrected chi connectivity index (χ3v) is 6.27. The predicted octanol–water partition coefficient (Wildman–Crippen LogP) is 4.09. The largest absolute Gasteiger partial charge is 0.342 e. The lowest BCUT2D eigenvalue weighted by molar-refractivity contribution is -0.384. The van der Waals surface area contributed by atoms with E-state index in [2.05, 4.69) is 25.1 Å². The Morgan fingerprint density at radius 2 is 1.81 bits per heavy atom. The highest BCUT2D eigenvalue weighted by Crippen LogP contribution is 2.46. The third-order valence-electron chi connectivity index (χ3n) is 6.27. The maximum absolute atomic E-state index is 12.1. The first-order valence-electron chi connectivity index (χ1n) is 9.04. The lowest BCUT2D eigenvalue weighted by Gasteiger charge is -2.50. The molecule has 5 nitrogen and oxygen atoms in total. The average molecular weight is 350 g/mol. The number of likely N-dealkylation sites (tertiary alicyclic amines) is 1. The van der Waals surface area contributed by atoms with Crippen LogP contribution in [-0.2, 0) is 16.6 Å². The molecule has 0 aromatic heterocycles. The van der Waals surface area contributed by atoms with E-state index >= 15 is 0 Å². The van der Waals surface area contributed by atoms with E-state index in [1.165, 1.54) is 11.1 Å². The zero-order chi connectivity index (χ0) is 18.5. The highest BCUT2D eigenvalue weighted by atomic mass is 16.6. The molecule has 1 fully saturated rings. The molecule has 2 atom stereocenters. The van der Waals surface area contributed by atoms with Crippen LogP contribution in [0.4, 0.5) is 5.69 Å². The van der Waals surface area contributed by atoms with E-state index in [4.69, 9.17) is 0 Å². The second-order valence-corrected chi connectivity index (χ2v) is 7.65. The van der Waals surface area contributed by atoms with Crippen molar-refractivity contribution in [2.75, 3.05) is 7.05 Å². The van der Waals surface area contributed by atoms with Crippen molar-refractivity contribution in [3.8, 4) is 11.1 Å². The maximum atomic E-state index is 12.1. The van der Waals surface area contributed by atoms with Gasteiger partial charge in [0.25, 0.3) is 5.69 Å². The number of nitrogens with zero attached hydrogens (tertiary/aromatic N) is 2. The topological polar surface area (TPSA) is 63.5 Å². The van der Waals surface area contributed by atoms with Crippen molar-refractivity contribution in [1.82, 2.24) is 4.90 Å². The van der Waals surface area contributed by atoms with E-state index in [-0.39, 0.29) is 28.0 Å². The fourth-order valence-electron chi connectivity index (χ4n) is 4.74. The molecule has 2 aromatic rings. The number of aryl methyl sites for hydroxylation is 1. The molecule has 0 radical (unpaired) electrons. The van der Waals surface area contributed by atoms with Crippen LogP contribution in [0.1, 0.15) is 37.3 Å². The van der Waals surface area contributed by atoms with Crippen LogP contribution in [0.5, 0.6) is 0 Å². The van der Waals surface area contributed by atoms with Crippen molar-refractivity contribution in [1.29, 1.82) is 0 Å². The first-order chi connectivity index (χ1) is 12.4. The number of nitro benzene ring substituents is 1. The van der Waals surface area contributed by atoms with E-state index in [0.717, 1.165) is 30.4 Å². The molecule has 0 N–H and O–H groups in total. The zero-order valence-corrected chi connectivity index (χ0v) is 15.1. The summed E-state index contributed by atoms with van der Waals surface area (Å²) < 4.78 is 0. The van der Waals surface area contributed by atoms with Crippen LogP contribution >= 0.6 is 0 Å². The number of amides is 1. The van der Waals surface area contributed by atoms with Crippen molar-refractivity contribution in [2.45, 2.75) is 44.1 Å². The minimum absolute atomic E-state index is 0.00421. The fraction of sp³-hybridized carbons (Fsp3) is 0.381. The molecule has 5 heteroatoms. The van der Waals surface area contributed by atoms with Crippen LogP contribution < -0.4 is 0 Å². The van der Waals surface area contributed by atoms with Gasteiger partial charge in [-0.2, -0.15) is 0 Å². The van der Waals surface area contributed by atoms with Gasteiger partial charge in [0.1, 0.15) is 0 Å². The van der Waals surface area contributed by atoms with Gasteiger partial charge in [0.2, 0.25) is 5.91 Å². The number of nitro groups is 1. The van der Waals surface area contributed by atoms with Gasteiger partial charge in [0, 0.05) is 37.1 Å². The van der Waals surface area contributed by atoms with Gasteiger partial charge < -0.3 is 4.90 Å². The number of hydrogen-bond acceptors (Lipinski definition) is 3. The lowest BCUT2D eigenvalue weighted by Crippen LogP contribution is -2.56. The number of rotatable bonds is 2. The number of non-ortho nitro benzene ring substituents is 1. The normalized spacial score (nSPS) is 24.8. The fourth-order valence-corrected chi connectivity index (χ4v) is 4.74. The Balaban J connectivity index is 1.70. The maximum Gasteiger partial charge on any atom is 0.269 e. The quantitative estimate of drug-likeness (QED) is 0.605. The Labute approximate surface area is 152 Å². The number of carbonyl (C=O) groups is 1. The summed E-state index contributed by atoms with van der Waals surface area (Å²) in [4.78, 5) is 24.5. The van der Waals surface area contributed by atoms with Crippen molar-refractivity contribution >= 4 is 11.6 Å². The van der Waals surface area contributed by atoms with Gasteiger partial charge in [-0.05, 0) is 53.6 Å². The second kappa shape index (κ2) is 5.94. The molecule has 0 spiro atoms. The number of likely N-dealkylation sites (N-methyl/N-ethyl adjacent to an activating group) is 1. The SMILES string of the molecule is CN1C(=O)CC[C@]2(C)c3ccc(-c4ccc([N+](=O)[O-])cc4)cc3CC[C@@H]12. The minimum atomic E-state index is -0.377. The number of carbonyl (C=O) groups excluding carboxylic acids is 1. The number of hydrogen-bond donors (Lipinski definition) is 0. The molecule has 26 heavy (non-hydrogen) atoms. The van der Waals surface area contributed by atoms with Crippen molar-refractivity contribution < 1.29 is 9.72 Å². The molecule has 4 rings (SSSR count). The molecule has 134 valence electrons. The summed E-state index contributed by atoms with van der Waals surface area (Å²) in [6.07, 6.45) is 3.43. The van der Waals surface area contributed by atoms with Gasteiger partial charge in [-0.1, -0.05) is 25.1 Å². The molecule has 2 aromatic carbocycles. The molecule has 2 aliphatic rings. The minimum Gasteiger partial charge on any atom is -0.342 e. The van der Waals surface area contributed by atoms with Gasteiger partial charge in [-0.3, -0.25) is 14.9 Å². The van der Waals surface area contributed by atoms with E-state index in [1.54, 1.807) is 24.3 Å². The molecule has 1 aliphatic heterocycles. The number of benzene rings is 2. The summed E-state index contributed by atoms with van der Waals surface area (Å²) in [6.45, 7) is 2.28. The number of piperidine rings is 1. The highest BCUT2D eigenvalue weighted by Gasteiger charge is 2.46. The Kier molecular flexibility index (Phi) is 3.83. The monoisotopic (exact) mass is 350 g/mol. The summed E-state index contributed by atoms with van der Waals surface area (Å²) >= 11 is 0. The van der Waals surface area contributed by atoms with Crippen molar-refractivity contribution in [3.05, 3.63) is 63.7 Å². The standard InChI is InChI=1S/C21H22N2O3/c1-21-12-11-20(24)22(2)19(21)10-6-16-13-15(5-9-18(16)21)14-3-7-17(8-4-14)23(25)26/h3-5,7-9,13,19H,6,10-12H2,1-2H3/t19-,21-/m1/s1. The Hall–Kier alpha value is -2.69. The molecule has 0 bridgehead atoms. The van der Waals surface area contributed by atoms with E-state index in [1.807, 2.05) is 11.9 Å². The second-order valence-electron chi connectivity index (χ2n) is 7.65. The van der Waals surface area contributed by atoms with Crippen LogP contribution in [0.2, 0.25) is 0 Å². The average Bonchev–Trinajstić information content (AvgIpc) is 2.65. The van der Waals surface area contributed by atoms with Crippen LogP contribution in [0, 0.1) is 10.1 Å². The first-order valence-corrected chi connectivity index (χ1v) is 9.04. The van der Waals surface area contributed by atoms with E-state index < -0.39 is 0 Å². The predicted molar refractivity (Wildman–Crippen MR) is 100.0 cm³/mol. The number of fused-ring (bicyclic) bond motifs is 3. The molecule has 1 amide bonds. The summed E-state index contributed by atoms with van der Waals surface area (Å²) in [7, 11) is 1.93. The molecule has 1 aliphatic carbocycles. The van der Waals surface area contributed by atoms with Gasteiger partial charge in [-0.25, -0.2) is 0 Å². The molecule has 1 saturated heterocycles. The lowest BCUT2D eigenvalue weighted by atomic mass is 9.63. The highest BCUT2D eigenvalue weighted by molar-refractivity contribution is 5.78. The summed E-state index contributed by atoms with van der Waals surface area (Å²) in [6, 6.07) is 13.5.